The van der Waals surface area contributed by atoms with E-state index in [-0.39, 0.29) is 18.2 Å². The lowest BCUT2D eigenvalue weighted by Crippen LogP contribution is -2.14. The van der Waals surface area contributed by atoms with Crippen LogP contribution in [0, 0.1) is 0 Å². The lowest BCUT2D eigenvalue weighted by atomic mass is 10.3. The van der Waals surface area contributed by atoms with Crippen LogP contribution in [-0.4, -0.2) is 22.6 Å². The fraction of sp³-hybridized carbons (Fsp3) is 0.182. The second kappa shape index (κ2) is 4.94. The SMILES string of the molecule is O=C1CSC(CC(=O)Nc2ccccc2)=N1. The largest absolute Gasteiger partial charge is 0.326 e. The molecule has 1 aliphatic rings. The molecule has 1 aromatic carbocycles. The van der Waals surface area contributed by atoms with Crippen LogP contribution in [0.25, 0.3) is 0 Å². The first-order valence-corrected chi connectivity index (χ1v) is 5.81. The van der Waals surface area contributed by atoms with Crippen LogP contribution in [0.2, 0.25) is 0 Å². The van der Waals surface area contributed by atoms with E-state index < -0.39 is 0 Å². The van der Waals surface area contributed by atoms with Crippen molar-refractivity contribution in [3.63, 3.8) is 0 Å². The molecule has 0 aromatic heterocycles. The van der Waals surface area contributed by atoms with Crippen molar-refractivity contribution < 1.29 is 9.59 Å². The van der Waals surface area contributed by atoms with Crippen LogP contribution in [0.3, 0.4) is 0 Å². The maximum absolute atomic E-state index is 11.6. The van der Waals surface area contributed by atoms with Crippen LogP contribution in [0.1, 0.15) is 6.42 Å². The number of nitrogens with one attached hydrogen (secondary N) is 1. The predicted octanol–water partition coefficient (Wildman–Crippen LogP) is 1.69. The number of nitrogens with zero attached hydrogens (tertiary/aromatic N) is 1. The third kappa shape index (κ3) is 2.93. The summed E-state index contributed by atoms with van der Waals surface area (Å²) in [4.78, 5) is 26.2. The van der Waals surface area contributed by atoms with Gasteiger partial charge in [-0.1, -0.05) is 18.2 Å². The fourth-order valence-electron chi connectivity index (χ4n) is 1.30. The second-order valence-corrected chi connectivity index (χ2v) is 4.33. The number of hydrogen-bond acceptors (Lipinski definition) is 3. The summed E-state index contributed by atoms with van der Waals surface area (Å²) < 4.78 is 0. The molecule has 0 unspecified atom stereocenters. The number of hydrogen-bond donors (Lipinski definition) is 1. The zero-order chi connectivity index (χ0) is 11.4. The fourth-order valence-corrected chi connectivity index (χ4v) is 2.06. The number of rotatable bonds is 3. The average Bonchev–Trinajstić information content (AvgIpc) is 2.65. The normalized spacial score (nSPS) is 14.8. The highest BCUT2D eigenvalue weighted by Gasteiger charge is 2.17. The summed E-state index contributed by atoms with van der Waals surface area (Å²) in [6, 6.07) is 9.20. The molecule has 2 amide bonds. The molecule has 0 spiro atoms. The zero-order valence-corrected chi connectivity index (χ0v) is 9.29. The van der Waals surface area contributed by atoms with Crippen LogP contribution in [0.4, 0.5) is 5.69 Å². The summed E-state index contributed by atoms with van der Waals surface area (Å²) in [5.41, 5.74) is 0.752. The lowest BCUT2D eigenvalue weighted by molar-refractivity contribution is -0.115. The van der Waals surface area contributed by atoms with Crippen molar-refractivity contribution in [2.45, 2.75) is 6.42 Å². The molecule has 0 atom stereocenters. The number of carbonyl (C=O) groups excluding carboxylic acids is 2. The minimum Gasteiger partial charge on any atom is -0.326 e. The Labute approximate surface area is 97.1 Å². The van der Waals surface area contributed by atoms with Gasteiger partial charge in [-0.15, -0.1) is 11.8 Å². The Morgan fingerprint density at radius 3 is 2.75 bits per heavy atom. The van der Waals surface area contributed by atoms with E-state index in [2.05, 4.69) is 10.3 Å². The Bertz CT molecular complexity index is 443. The van der Waals surface area contributed by atoms with E-state index in [1.165, 1.54) is 11.8 Å². The summed E-state index contributed by atoms with van der Waals surface area (Å²) in [6.45, 7) is 0. The highest BCUT2D eigenvalue weighted by Crippen LogP contribution is 2.16. The van der Waals surface area contributed by atoms with Crippen molar-refractivity contribution in [2.75, 3.05) is 11.1 Å². The summed E-state index contributed by atoms with van der Waals surface area (Å²) in [5.74, 6) is 0.0492. The van der Waals surface area contributed by atoms with Gasteiger partial charge in [0.2, 0.25) is 5.91 Å². The van der Waals surface area contributed by atoms with Gasteiger partial charge in [-0.3, -0.25) is 9.59 Å². The van der Waals surface area contributed by atoms with Gasteiger partial charge < -0.3 is 5.32 Å². The number of anilines is 1. The predicted molar refractivity (Wildman–Crippen MR) is 64.6 cm³/mol. The first kappa shape index (κ1) is 10.9. The molecule has 0 saturated carbocycles. The number of benzene rings is 1. The quantitative estimate of drug-likeness (QED) is 0.865. The molecule has 0 bridgehead atoms. The van der Waals surface area contributed by atoms with Crippen molar-refractivity contribution in [2.24, 2.45) is 4.99 Å². The van der Waals surface area contributed by atoms with E-state index >= 15 is 0 Å². The zero-order valence-electron chi connectivity index (χ0n) is 8.47. The molecule has 1 aliphatic heterocycles. The first-order valence-electron chi connectivity index (χ1n) is 4.82. The summed E-state index contributed by atoms with van der Waals surface area (Å²) in [7, 11) is 0. The monoisotopic (exact) mass is 234 g/mol. The molecule has 0 saturated heterocycles. The van der Waals surface area contributed by atoms with Crippen molar-refractivity contribution in [3.05, 3.63) is 30.3 Å². The van der Waals surface area contributed by atoms with Gasteiger partial charge in [-0.2, -0.15) is 0 Å². The number of thioether (sulfide) groups is 1. The Balaban J connectivity index is 1.90. The Hall–Kier alpha value is -1.62. The van der Waals surface area contributed by atoms with E-state index in [1.807, 2.05) is 30.3 Å². The molecule has 0 aliphatic carbocycles. The van der Waals surface area contributed by atoms with Crippen molar-refractivity contribution in [1.29, 1.82) is 0 Å². The molecule has 2 rings (SSSR count). The van der Waals surface area contributed by atoms with Gasteiger partial charge in [-0.25, -0.2) is 4.99 Å². The Kier molecular flexibility index (Phi) is 3.36. The maximum Gasteiger partial charge on any atom is 0.256 e. The van der Waals surface area contributed by atoms with Crippen LogP contribution in [0.5, 0.6) is 0 Å². The molecule has 1 N–H and O–H groups in total. The molecular formula is C11H10N2O2S. The first-order chi connectivity index (χ1) is 7.74. The van der Waals surface area contributed by atoms with E-state index in [0.29, 0.717) is 10.8 Å². The van der Waals surface area contributed by atoms with E-state index in [1.54, 1.807) is 0 Å². The van der Waals surface area contributed by atoms with Gasteiger partial charge in [0.1, 0.15) is 0 Å². The molecule has 82 valence electrons. The van der Waals surface area contributed by atoms with Gasteiger partial charge >= 0.3 is 0 Å². The maximum atomic E-state index is 11.6. The Morgan fingerprint density at radius 1 is 1.38 bits per heavy atom. The smallest absolute Gasteiger partial charge is 0.256 e. The lowest BCUT2D eigenvalue weighted by Gasteiger charge is -2.03. The van der Waals surface area contributed by atoms with E-state index in [0.717, 1.165) is 5.69 Å². The standard InChI is InChI=1S/C11H10N2O2S/c14-9(6-11-13-10(15)7-16-11)12-8-4-2-1-3-5-8/h1-5H,6-7H2,(H,12,14). The summed E-state index contributed by atoms with van der Waals surface area (Å²) in [5, 5.41) is 3.33. The van der Waals surface area contributed by atoms with Crippen molar-refractivity contribution in [3.8, 4) is 0 Å². The molecule has 1 aromatic rings. The number of para-hydroxylation sites is 1. The van der Waals surface area contributed by atoms with Crippen LogP contribution >= 0.6 is 11.8 Å². The third-order valence-corrected chi connectivity index (χ3v) is 2.94. The minimum atomic E-state index is -0.160. The average molecular weight is 234 g/mol. The molecule has 0 fully saturated rings. The second-order valence-electron chi connectivity index (χ2n) is 3.28. The third-order valence-electron chi connectivity index (χ3n) is 1.98. The summed E-state index contributed by atoms with van der Waals surface area (Å²) >= 11 is 1.33. The van der Waals surface area contributed by atoms with Gasteiger partial charge in [0.15, 0.2) is 0 Å². The van der Waals surface area contributed by atoms with Gasteiger partial charge in [0, 0.05) is 5.69 Å². The van der Waals surface area contributed by atoms with Crippen molar-refractivity contribution >= 4 is 34.3 Å². The highest BCUT2D eigenvalue weighted by molar-refractivity contribution is 8.15. The number of carbonyl (C=O) groups is 2. The topological polar surface area (TPSA) is 58.5 Å². The summed E-state index contributed by atoms with van der Waals surface area (Å²) in [6.07, 6.45) is 0.172. The van der Waals surface area contributed by atoms with Gasteiger partial charge in [0.25, 0.3) is 5.91 Å². The van der Waals surface area contributed by atoms with E-state index in [9.17, 15) is 9.59 Å². The molecular weight excluding hydrogens is 224 g/mol. The molecule has 16 heavy (non-hydrogen) atoms. The molecule has 1 heterocycles. The molecule has 4 nitrogen and oxygen atoms in total. The van der Waals surface area contributed by atoms with Crippen molar-refractivity contribution in [1.82, 2.24) is 0 Å². The van der Waals surface area contributed by atoms with E-state index in [4.69, 9.17) is 0 Å². The number of aliphatic imine (C=N–C) groups is 1. The minimum absolute atomic E-state index is 0.146. The highest BCUT2D eigenvalue weighted by atomic mass is 32.2. The number of amides is 2. The van der Waals surface area contributed by atoms with Crippen LogP contribution in [-0.2, 0) is 9.59 Å². The molecule has 0 radical (unpaired) electrons. The van der Waals surface area contributed by atoms with Gasteiger partial charge in [-0.05, 0) is 12.1 Å². The van der Waals surface area contributed by atoms with Gasteiger partial charge in [0.05, 0.1) is 17.2 Å². The van der Waals surface area contributed by atoms with Crippen LogP contribution in [0.15, 0.2) is 35.3 Å². The molecule has 5 heteroatoms. The Morgan fingerprint density at radius 2 is 2.12 bits per heavy atom. The van der Waals surface area contributed by atoms with Crippen LogP contribution < -0.4 is 5.32 Å².